The number of hydrogen-bond donors (Lipinski definition) is 2. The molecule has 0 amide bonds. The maximum Gasteiger partial charge on any atom is 0.352 e. The lowest BCUT2D eigenvalue weighted by molar-refractivity contribution is -0.129. The predicted octanol–water partition coefficient (Wildman–Crippen LogP) is 3.30. The van der Waals surface area contributed by atoms with E-state index >= 15 is 0 Å². The van der Waals surface area contributed by atoms with Crippen molar-refractivity contribution in [1.82, 2.24) is 10.2 Å². The van der Waals surface area contributed by atoms with Crippen molar-refractivity contribution in [3.05, 3.63) is 66.2 Å². The number of aromatic nitrogens is 2. The lowest BCUT2D eigenvalue weighted by atomic mass is 10.1. The van der Waals surface area contributed by atoms with Crippen LogP contribution >= 0.6 is 11.3 Å². The van der Waals surface area contributed by atoms with E-state index in [4.69, 9.17) is 0 Å². The summed E-state index contributed by atoms with van der Waals surface area (Å²) in [6.07, 6.45) is 0.230. The van der Waals surface area contributed by atoms with Crippen LogP contribution in [-0.4, -0.2) is 27.0 Å². The standard InChI is InChI=1S/C17H14N4O2S/c22-16(23)14(11-12-7-3-1-4-8-12)18-20-17-21-19-15(24-17)13-9-5-2-6-10-13/h1-10H,11H2,(H,20,21)(H,22,23)/b18-14-. The highest BCUT2D eigenvalue weighted by atomic mass is 32.1. The Morgan fingerprint density at radius 2 is 1.71 bits per heavy atom. The number of hydrazone groups is 1. The van der Waals surface area contributed by atoms with Crippen LogP contribution in [-0.2, 0) is 11.2 Å². The Morgan fingerprint density at radius 1 is 1.04 bits per heavy atom. The second-order valence-electron chi connectivity index (χ2n) is 4.92. The second-order valence-corrected chi connectivity index (χ2v) is 5.89. The molecule has 7 heteroatoms. The first-order chi connectivity index (χ1) is 11.7. The van der Waals surface area contributed by atoms with Crippen molar-refractivity contribution in [1.29, 1.82) is 0 Å². The monoisotopic (exact) mass is 338 g/mol. The molecule has 0 radical (unpaired) electrons. The fourth-order valence-electron chi connectivity index (χ4n) is 2.03. The van der Waals surface area contributed by atoms with Crippen molar-refractivity contribution in [2.45, 2.75) is 6.42 Å². The molecule has 0 saturated heterocycles. The zero-order chi connectivity index (χ0) is 16.8. The first-order valence-electron chi connectivity index (χ1n) is 7.21. The third kappa shape index (κ3) is 4.02. The molecule has 0 unspecified atom stereocenters. The normalized spacial score (nSPS) is 11.2. The smallest absolute Gasteiger partial charge is 0.352 e. The van der Waals surface area contributed by atoms with Crippen molar-refractivity contribution in [2.24, 2.45) is 5.10 Å². The molecule has 24 heavy (non-hydrogen) atoms. The second kappa shape index (κ2) is 7.47. The summed E-state index contributed by atoms with van der Waals surface area (Å²) in [6, 6.07) is 19.0. The quantitative estimate of drug-likeness (QED) is 0.532. The van der Waals surface area contributed by atoms with Crippen LogP contribution in [0.15, 0.2) is 65.8 Å². The van der Waals surface area contributed by atoms with Crippen molar-refractivity contribution in [3.8, 4) is 10.6 Å². The highest BCUT2D eigenvalue weighted by molar-refractivity contribution is 7.18. The number of carboxylic acid groups (broad SMARTS) is 1. The molecule has 0 spiro atoms. The number of hydrogen-bond acceptors (Lipinski definition) is 6. The molecule has 0 saturated carbocycles. The Morgan fingerprint density at radius 3 is 2.38 bits per heavy atom. The van der Waals surface area contributed by atoms with Crippen molar-refractivity contribution >= 4 is 28.1 Å². The molecule has 2 N–H and O–H groups in total. The maximum atomic E-state index is 11.3. The number of nitrogens with zero attached hydrogens (tertiary/aromatic N) is 3. The van der Waals surface area contributed by atoms with Gasteiger partial charge in [-0.2, -0.15) is 5.10 Å². The third-order valence-corrected chi connectivity index (χ3v) is 4.07. The topological polar surface area (TPSA) is 87.5 Å². The Balaban J connectivity index is 1.73. The highest BCUT2D eigenvalue weighted by Crippen LogP contribution is 2.25. The average molecular weight is 338 g/mol. The minimum absolute atomic E-state index is 0.0117. The van der Waals surface area contributed by atoms with Gasteiger partial charge in [0.2, 0.25) is 5.13 Å². The molecule has 120 valence electrons. The summed E-state index contributed by atoms with van der Waals surface area (Å²) < 4.78 is 0. The Hall–Kier alpha value is -3.06. The molecule has 6 nitrogen and oxygen atoms in total. The van der Waals surface area contributed by atoms with Crippen LogP contribution in [0.25, 0.3) is 10.6 Å². The number of nitrogens with one attached hydrogen (secondary N) is 1. The van der Waals surface area contributed by atoms with Crippen molar-refractivity contribution < 1.29 is 9.90 Å². The lowest BCUT2D eigenvalue weighted by Gasteiger charge is -2.02. The molecule has 0 bridgehead atoms. The Bertz CT molecular complexity index is 847. The van der Waals surface area contributed by atoms with E-state index in [0.717, 1.165) is 16.1 Å². The van der Waals surface area contributed by atoms with Gasteiger partial charge in [-0.05, 0) is 5.56 Å². The molecular weight excluding hydrogens is 324 g/mol. The first-order valence-corrected chi connectivity index (χ1v) is 8.03. The number of carbonyl (C=O) groups is 1. The van der Waals surface area contributed by atoms with Gasteiger partial charge in [-0.25, -0.2) is 4.79 Å². The van der Waals surface area contributed by atoms with Gasteiger partial charge >= 0.3 is 5.97 Å². The molecular formula is C17H14N4O2S. The molecule has 1 aromatic heterocycles. The predicted molar refractivity (Wildman–Crippen MR) is 94.2 cm³/mol. The van der Waals surface area contributed by atoms with Gasteiger partial charge in [0.1, 0.15) is 10.7 Å². The van der Waals surface area contributed by atoms with Crippen molar-refractivity contribution in [3.63, 3.8) is 0 Å². The van der Waals surface area contributed by atoms with E-state index in [1.165, 1.54) is 11.3 Å². The molecule has 1 heterocycles. The highest BCUT2D eigenvalue weighted by Gasteiger charge is 2.12. The Labute approximate surface area is 142 Å². The number of aliphatic carboxylic acids is 1. The molecule has 0 aliphatic heterocycles. The van der Waals surface area contributed by atoms with Gasteiger partial charge in [0.15, 0.2) is 0 Å². The molecule has 0 fully saturated rings. The number of anilines is 1. The van der Waals surface area contributed by atoms with Gasteiger partial charge in [-0.15, -0.1) is 10.2 Å². The van der Waals surface area contributed by atoms with Crippen LogP contribution in [0.2, 0.25) is 0 Å². The molecule has 0 aliphatic rings. The average Bonchev–Trinajstić information content (AvgIpc) is 3.09. The summed E-state index contributed by atoms with van der Waals surface area (Å²) >= 11 is 1.31. The van der Waals surface area contributed by atoms with Gasteiger partial charge in [-0.1, -0.05) is 72.0 Å². The number of benzene rings is 2. The third-order valence-electron chi connectivity index (χ3n) is 3.19. The fraction of sp³-hybridized carbons (Fsp3) is 0.0588. The van der Waals surface area contributed by atoms with Crippen LogP contribution < -0.4 is 5.43 Å². The van der Waals surface area contributed by atoms with Gasteiger partial charge in [0.05, 0.1) is 0 Å². The van der Waals surface area contributed by atoms with E-state index in [1.54, 1.807) is 0 Å². The van der Waals surface area contributed by atoms with E-state index in [9.17, 15) is 9.90 Å². The van der Waals surface area contributed by atoms with Crippen LogP contribution in [0, 0.1) is 0 Å². The van der Waals surface area contributed by atoms with Gasteiger partial charge < -0.3 is 5.11 Å². The summed E-state index contributed by atoms with van der Waals surface area (Å²) in [4.78, 5) is 11.3. The van der Waals surface area contributed by atoms with Crippen LogP contribution in [0.1, 0.15) is 5.56 Å². The van der Waals surface area contributed by atoms with E-state index in [1.807, 2.05) is 60.7 Å². The summed E-state index contributed by atoms with van der Waals surface area (Å²) in [5.41, 5.74) is 4.53. The lowest BCUT2D eigenvalue weighted by Crippen LogP contribution is -2.17. The van der Waals surface area contributed by atoms with E-state index < -0.39 is 5.97 Å². The Kier molecular flexibility index (Phi) is 4.93. The summed E-state index contributed by atoms with van der Waals surface area (Å²) in [7, 11) is 0. The molecule has 0 atom stereocenters. The minimum atomic E-state index is -1.07. The van der Waals surface area contributed by atoms with Crippen molar-refractivity contribution in [2.75, 3.05) is 5.43 Å². The molecule has 2 aromatic carbocycles. The SMILES string of the molecule is O=C(O)/C(Cc1ccccc1)=N\Nc1nnc(-c2ccccc2)s1. The van der Waals surface area contributed by atoms with Crippen LogP contribution in [0.5, 0.6) is 0 Å². The zero-order valence-corrected chi connectivity index (χ0v) is 13.4. The largest absolute Gasteiger partial charge is 0.477 e. The minimum Gasteiger partial charge on any atom is -0.477 e. The van der Waals surface area contributed by atoms with Crippen LogP contribution in [0.3, 0.4) is 0 Å². The summed E-state index contributed by atoms with van der Waals surface area (Å²) in [5, 5.41) is 22.5. The summed E-state index contributed by atoms with van der Waals surface area (Å²) in [6.45, 7) is 0. The summed E-state index contributed by atoms with van der Waals surface area (Å²) in [5.74, 6) is -1.07. The van der Waals surface area contributed by atoms with Gasteiger partial charge in [0, 0.05) is 12.0 Å². The molecule has 3 aromatic rings. The molecule has 3 rings (SSSR count). The van der Waals surface area contributed by atoms with Gasteiger partial charge in [0.25, 0.3) is 0 Å². The zero-order valence-electron chi connectivity index (χ0n) is 12.6. The van der Waals surface area contributed by atoms with E-state index in [-0.39, 0.29) is 12.1 Å². The fourth-order valence-corrected chi connectivity index (χ4v) is 2.72. The number of rotatable bonds is 6. The van der Waals surface area contributed by atoms with E-state index in [0.29, 0.717) is 5.13 Å². The first kappa shape index (κ1) is 15.8. The maximum absolute atomic E-state index is 11.3. The number of carboxylic acids is 1. The molecule has 0 aliphatic carbocycles. The van der Waals surface area contributed by atoms with Gasteiger partial charge in [-0.3, -0.25) is 5.43 Å². The van der Waals surface area contributed by atoms with E-state index in [2.05, 4.69) is 20.7 Å². The van der Waals surface area contributed by atoms with Crippen LogP contribution in [0.4, 0.5) is 5.13 Å².